The molecule has 0 saturated heterocycles. The predicted octanol–water partition coefficient (Wildman–Crippen LogP) is 2.75. The highest BCUT2D eigenvalue weighted by atomic mass is 32.1. The number of nitrogens with two attached hydrogens (primary N) is 1. The largest absolute Gasteiger partial charge is 0.497 e. The van der Waals surface area contributed by atoms with Crippen molar-refractivity contribution in [3.63, 3.8) is 0 Å². The van der Waals surface area contributed by atoms with Gasteiger partial charge in [-0.15, -0.1) is 11.3 Å². The highest BCUT2D eigenvalue weighted by Gasteiger charge is 2.24. The molecule has 0 aliphatic rings. The number of rotatable bonds is 7. The topological polar surface area (TPSA) is 121 Å². The minimum atomic E-state index is -0.700. The average Bonchev–Trinajstić information content (AvgIpc) is 3.01. The van der Waals surface area contributed by atoms with E-state index in [0.717, 1.165) is 11.3 Å². The van der Waals surface area contributed by atoms with E-state index in [4.69, 9.17) is 24.7 Å². The van der Waals surface area contributed by atoms with E-state index in [-0.39, 0.29) is 39.8 Å². The SMILES string of the molecule is CCOC(=O)c1sc(N)c(C#N)c1COC(=O)c1cc(OC)ccc1OC. The number of benzene rings is 1. The van der Waals surface area contributed by atoms with E-state index in [1.807, 2.05) is 6.07 Å². The average molecular weight is 390 g/mol. The van der Waals surface area contributed by atoms with Crippen LogP contribution in [0, 0.1) is 11.3 Å². The molecule has 8 nitrogen and oxygen atoms in total. The Morgan fingerprint density at radius 2 is 1.93 bits per heavy atom. The number of thiophene rings is 1. The Kier molecular flexibility index (Phi) is 6.62. The van der Waals surface area contributed by atoms with E-state index in [1.165, 1.54) is 20.3 Å². The number of methoxy groups -OCH3 is 2. The summed E-state index contributed by atoms with van der Waals surface area (Å²) in [5, 5.41) is 9.46. The molecule has 0 amide bonds. The standard InChI is InChI=1S/C18H18N2O6S/c1-4-25-18(22)15-13(12(8-19)16(20)27-15)9-26-17(21)11-7-10(23-2)5-6-14(11)24-3/h5-7H,4,9,20H2,1-3H3. The van der Waals surface area contributed by atoms with Gasteiger partial charge in [0.1, 0.15) is 39.6 Å². The van der Waals surface area contributed by atoms with Crippen molar-refractivity contribution < 1.29 is 28.5 Å². The summed E-state index contributed by atoms with van der Waals surface area (Å²) in [7, 11) is 2.89. The second-order valence-electron chi connectivity index (χ2n) is 5.12. The summed E-state index contributed by atoms with van der Waals surface area (Å²) in [5.41, 5.74) is 6.26. The number of nitrogens with zero attached hydrogens (tertiary/aromatic N) is 1. The predicted molar refractivity (Wildman–Crippen MR) is 98.1 cm³/mol. The van der Waals surface area contributed by atoms with Gasteiger partial charge in [0.2, 0.25) is 0 Å². The van der Waals surface area contributed by atoms with Crippen molar-refractivity contribution in [2.24, 2.45) is 0 Å². The molecule has 1 heterocycles. The van der Waals surface area contributed by atoms with Crippen LogP contribution in [0.2, 0.25) is 0 Å². The second kappa shape index (κ2) is 8.91. The van der Waals surface area contributed by atoms with Crippen molar-refractivity contribution in [1.82, 2.24) is 0 Å². The molecule has 0 fully saturated rings. The summed E-state index contributed by atoms with van der Waals surface area (Å²) < 4.78 is 20.5. The zero-order chi connectivity index (χ0) is 20.0. The van der Waals surface area contributed by atoms with Crippen LogP contribution in [0.25, 0.3) is 0 Å². The number of nitriles is 1. The molecule has 2 N–H and O–H groups in total. The van der Waals surface area contributed by atoms with Crippen LogP contribution in [0.1, 0.15) is 38.1 Å². The zero-order valence-corrected chi connectivity index (χ0v) is 15.8. The maximum absolute atomic E-state index is 12.5. The van der Waals surface area contributed by atoms with Gasteiger partial charge in [-0.2, -0.15) is 5.26 Å². The molecule has 2 aromatic rings. The molecule has 9 heteroatoms. The molecule has 0 aliphatic heterocycles. The van der Waals surface area contributed by atoms with Crippen molar-refractivity contribution >= 4 is 28.3 Å². The number of carbonyl (C=O) groups excluding carboxylic acids is 2. The number of carbonyl (C=O) groups is 2. The van der Waals surface area contributed by atoms with Gasteiger partial charge < -0.3 is 24.7 Å². The van der Waals surface area contributed by atoms with E-state index >= 15 is 0 Å². The molecule has 0 saturated carbocycles. The Labute approximate surface area is 160 Å². The number of hydrogen-bond donors (Lipinski definition) is 1. The molecule has 0 spiro atoms. The van der Waals surface area contributed by atoms with Gasteiger partial charge >= 0.3 is 11.9 Å². The Hall–Kier alpha value is -3.25. The lowest BCUT2D eigenvalue weighted by molar-refractivity contribution is 0.0449. The fourth-order valence-corrected chi connectivity index (χ4v) is 3.21. The first kappa shape index (κ1) is 20.1. The molecule has 0 unspecified atom stereocenters. The van der Waals surface area contributed by atoms with Crippen LogP contribution in [0.3, 0.4) is 0 Å². The molecule has 0 atom stereocenters. The summed E-state index contributed by atoms with van der Waals surface area (Å²) in [6.45, 7) is 1.51. The number of anilines is 1. The maximum atomic E-state index is 12.5. The molecule has 142 valence electrons. The van der Waals surface area contributed by atoms with Crippen LogP contribution >= 0.6 is 11.3 Å². The molecule has 1 aromatic heterocycles. The van der Waals surface area contributed by atoms with Crippen molar-refractivity contribution in [2.45, 2.75) is 13.5 Å². The Bertz CT molecular complexity index is 900. The van der Waals surface area contributed by atoms with Crippen LogP contribution in [0.4, 0.5) is 5.00 Å². The quantitative estimate of drug-likeness (QED) is 0.716. The summed E-state index contributed by atoms with van der Waals surface area (Å²) in [6, 6.07) is 6.61. The smallest absolute Gasteiger partial charge is 0.348 e. The molecule has 27 heavy (non-hydrogen) atoms. The molecular weight excluding hydrogens is 372 g/mol. The number of ether oxygens (including phenoxy) is 4. The van der Waals surface area contributed by atoms with Crippen LogP contribution < -0.4 is 15.2 Å². The number of hydrogen-bond acceptors (Lipinski definition) is 9. The lowest BCUT2D eigenvalue weighted by Gasteiger charge is -2.11. The third kappa shape index (κ3) is 4.30. The third-order valence-electron chi connectivity index (χ3n) is 3.58. The van der Waals surface area contributed by atoms with E-state index in [0.29, 0.717) is 11.5 Å². The molecule has 2 rings (SSSR count). The highest BCUT2D eigenvalue weighted by molar-refractivity contribution is 7.18. The molecule has 1 aromatic carbocycles. The molecule has 0 radical (unpaired) electrons. The first-order valence-electron chi connectivity index (χ1n) is 7.84. The van der Waals surface area contributed by atoms with E-state index in [2.05, 4.69) is 0 Å². The minimum Gasteiger partial charge on any atom is -0.497 e. The zero-order valence-electron chi connectivity index (χ0n) is 15.0. The van der Waals surface area contributed by atoms with Crippen molar-refractivity contribution in [3.05, 3.63) is 39.8 Å². The lowest BCUT2D eigenvalue weighted by Crippen LogP contribution is -2.11. The Morgan fingerprint density at radius 3 is 2.52 bits per heavy atom. The maximum Gasteiger partial charge on any atom is 0.348 e. The van der Waals surface area contributed by atoms with Crippen LogP contribution in [0.15, 0.2) is 18.2 Å². The van der Waals surface area contributed by atoms with Gasteiger partial charge in [0, 0.05) is 5.56 Å². The molecular formula is C18H18N2O6S. The Balaban J connectivity index is 2.30. The van der Waals surface area contributed by atoms with E-state index in [9.17, 15) is 14.9 Å². The van der Waals surface area contributed by atoms with Crippen molar-refractivity contribution in [2.75, 3.05) is 26.6 Å². The van der Waals surface area contributed by atoms with Crippen molar-refractivity contribution in [3.8, 4) is 17.6 Å². The van der Waals surface area contributed by atoms with Gasteiger partial charge in [-0.3, -0.25) is 0 Å². The van der Waals surface area contributed by atoms with E-state index in [1.54, 1.807) is 19.1 Å². The van der Waals surface area contributed by atoms with Crippen LogP contribution in [0.5, 0.6) is 11.5 Å². The third-order valence-corrected chi connectivity index (χ3v) is 4.62. The normalized spacial score (nSPS) is 10.0. The van der Waals surface area contributed by atoms with Gasteiger partial charge in [0.05, 0.1) is 26.4 Å². The minimum absolute atomic E-state index is 0.0912. The summed E-state index contributed by atoms with van der Waals surface area (Å²) in [4.78, 5) is 24.7. The Morgan fingerprint density at radius 1 is 1.19 bits per heavy atom. The van der Waals surface area contributed by atoms with Gasteiger partial charge in [-0.1, -0.05) is 0 Å². The highest BCUT2D eigenvalue weighted by Crippen LogP contribution is 2.32. The van der Waals surface area contributed by atoms with E-state index < -0.39 is 11.9 Å². The lowest BCUT2D eigenvalue weighted by atomic mass is 10.1. The molecule has 0 aliphatic carbocycles. The first-order valence-corrected chi connectivity index (χ1v) is 8.65. The number of nitrogen functional groups attached to an aromatic ring is 1. The first-order chi connectivity index (χ1) is 13.0. The van der Waals surface area contributed by atoms with Gasteiger partial charge in [-0.05, 0) is 25.1 Å². The van der Waals surface area contributed by atoms with Gasteiger partial charge in [-0.25, -0.2) is 9.59 Å². The summed E-state index contributed by atoms with van der Waals surface area (Å²) in [6.07, 6.45) is 0. The van der Waals surface area contributed by atoms with Gasteiger partial charge in [0.25, 0.3) is 0 Å². The second-order valence-corrected chi connectivity index (χ2v) is 6.18. The van der Waals surface area contributed by atoms with Gasteiger partial charge in [0.15, 0.2) is 0 Å². The van der Waals surface area contributed by atoms with Crippen LogP contribution in [-0.2, 0) is 16.1 Å². The monoisotopic (exact) mass is 390 g/mol. The fraction of sp³-hybridized carbons (Fsp3) is 0.278. The summed E-state index contributed by atoms with van der Waals surface area (Å²) >= 11 is 0.920. The number of esters is 2. The summed E-state index contributed by atoms with van der Waals surface area (Å²) in [5.74, 6) is -0.570. The van der Waals surface area contributed by atoms with Crippen LogP contribution in [-0.4, -0.2) is 32.8 Å². The fourth-order valence-electron chi connectivity index (χ4n) is 2.30. The van der Waals surface area contributed by atoms with Crippen molar-refractivity contribution in [1.29, 1.82) is 5.26 Å². The molecule has 0 bridgehead atoms.